The average molecular weight is 350 g/mol. The van der Waals surface area contributed by atoms with Crippen LogP contribution in [-0.4, -0.2) is 35.7 Å². The maximum atomic E-state index is 11.9. The molecule has 138 valence electrons. The van der Waals surface area contributed by atoms with Crippen LogP contribution < -0.4 is 10.6 Å². The number of hydrogen-bond acceptors (Lipinski definition) is 6. The maximum Gasteiger partial charge on any atom is 0.408 e. The fraction of sp³-hybridized carbons (Fsp3) is 0.500. The van der Waals surface area contributed by atoms with Crippen molar-refractivity contribution in [3.63, 3.8) is 0 Å². The fourth-order valence-electron chi connectivity index (χ4n) is 1.77. The van der Waals surface area contributed by atoms with Crippen LogP contribution in [0.25, 0.3) is 0 Å². The Kier molecular flexibility index (Phi) is 7.57. The van der Waals surface area contributed by atoms with Crippen LogP contribution in [0.2, 0.25) is 0 Å². The lowest BCUT2D eigenvalue weighted by atomic mass is 10.2. The highest BCUT2D eigenvalue weighted by atomic mass is 16.6. The Morgan fingerprint density at radius 2 is 1.56 bits per heavy atom. The molecule has 0 aliphatic carbocycles. The van der Waals surface area contributed by atoms with Gasteiger partial charge in [0.1, 0.15) is 17.7 Å². The van der Waals surface area contributed by atoms with Crippen molar-refractivity contribution in [2.24, 2.45) is 0 Å². The van der Waals surface area contributed by atoms with Gasteiger partial charge in [0.15, 0.2) is 0 Å². The van der Waals surface area contributed by atoms with Gasteiger partial charge in [0.05, 0.1) is 0 Å². The standard InChI is InChI=1S/C18H26N2O5/c1-12(19-11-14-9-7-6-8-10-14)15(21)24-16(22)13(2)20-17(23)25-18(3,4)5/h6-10,12-13,19H,11H2,1-5H3,(H,20,23)/t12-,13-/m0/s1. The number of hydrogen-bond donors (Lipinski definition) is 2. The minimum absolute atomic E-state index is 0.469. The van der Waals surface area contributed by atoms with Crippen LogP contribution in [0.15, 0.2) is 30.3 Å². The minimum atomic E-state index is -1.000. The van der Waals surface area contributed by atoms with Crippen LogP contribution in [0.3, 0.4) is 0 Å². The van der Waals surface area contributed by atoms with Crippen molar-refractivity contribution in [2.75, 3.05) is 0 Å². The van der Waals surface area contributed by atoms with Crippen LogP contribution in [0.5, 0.6) is 0 Å². The van der Waals surface area contributed by atoms with E-state index in [4.69, 9.17) is 9.47 Å². The van der Waals surface area contributed by atoms with E-state index >= 15 is 0 Å². The molecular formula is C18H26N2O5. The van der Waals surface area contributed by atoms with E-state index in [1.165, 1.54) is 6.92 Å². The van der Waals surface area contributed by atoms with Gasteiger partial charge in [-0.1, -0.05) is 30.3 Å². The van der Waals surface area contributed by atoms with E-state index < -0.39 is 35.7 Å². The van der Waals surface area contributed by atoms with E-state index in [0.717, 1.165) is 5.56 Å². The zero-order valence-electron chi connectivity index (χ0n) is 15.3. The molecule has 0 unspecified atom stereocenters. The average Bonchev–Trinajstić information content (AvgIpc) is 2.51. The number of alkyl carbamates (subject to hydrolysis) is 1. The zero-order valence-corrected chi connectivity index (χ0v) is 15.3. The first-order valence-corrected chi connectivity index (χ1v) is 8.11. The predicted octanol–water partition coefficient (Wildman–Crippen LogP) is 2.15. The van der Waals surface area contributed by atoms with Gasteiger partial charge in [-0.05, 0) is 40.2 Å². The van der Waals surface area contributed by atoms with Gasteiger partial charge in [-0.3, -0.25) is 0 Å². The van der Waals surface area contributed by atoms with Crippen molar-refractivity contribution >= 4 is 18.0 Å². The molecular weight excluding hydrogens is 324 g/mol. The molecule has 7 heteroatoms. The maximum absolute atomic E-state index is 11.9. The van der Waals surface area contributed by atoms with Gasteiger partial charge >= 0.3 is 18.0 Å². The second kappa shape index (κ2) is 9.17. The van der Waals surface area contributed by atoms with Crippen LogP contribution >= 0.6 is 0 Å². The smallest absolute Gasteiger partial charge is 0.408 e. The summed E-state index contributed by atoms with van der Waals surface area (Å²) >= 11 is 0. The summed E-state index contributed by atoms with van der Waals surface area (Å²) in [6.07, 6.45) is -0.750. The molecule has 7 nitrogen and oxygen atoms in total. The lowest BCUT2D eigenvalue weighted by Gasteiger charge is -2.21. The zero-order chi connectivity index (χ0) is 19.0. The van der Waals surface area contributed by atoms with E-state index in [2.05, 4.69) is 10.6 Å². The number of carbonyl (C=O) groups excluding carboxylic acids is 3. The van der Waals surface area contributed by atoms with E-state index in [9.17, 15) is 14.4 Å². The summed E-state index contributed by atoms with van der Waals surface area (Å²) in [7, 11) is 0. The number of amides is 1. The summed E-state index contributed by atoms with van der Waals surface area (Å²) in [6, 6.07) is 7.87. The summed E-state index contributed by atoms with van der Waals surface area (Å²) in [5, 5.41) is 5.31. The fourth-order valence-corrected chi connectivity index (χ4v) is 1.77. The van der Waals surface area contributed by atoms with E-state index in [1.54, 1.807) is 27.7 Å². The molecule has 25 heavy (non-hydrogen) atoms. The molecule has 1 aromatic rings. The molecule has 0 aromatic heterocycles. The summed E-state index contributed by atoms with van der Waals surface area (Å²) < 4.78 is 9.83. The predicted molar refractivity (Wildman–Crippen MR) is 92.7 cm³/mol. The largest absolute Gasteiger partial charge is 0.444 e. The molecule has 0 bridgehead atoms. The van der Waals surface area contributed by atoms with Crippen molar-refractivity contribution in [3.05, 3.63) is 35.9 Å². The molecule has 0 spiro atoms. The molecule has 0 radical (unpaired) electrons. The van der Waals surface area contributed by atoms with Crippen LogP contribution in [0.4, 0.5) is 4.79 Å². The first-order chi connectivity index (χ1) is 11.6. The third kappa shape index (κ3) is 8.30. The summed E-state index contributed by atoms with van der Waals surface area (Å²) in [6.45, 7) is 8.61. The van der Waals surface area contributed by atoms with Crippen molar-refractivity contribution < 1.29 is 23.9 Å². The van der Waals surface area contributed by atoms with Crippen LogP contribution in [0.1, 0.15) is 40.2 Å². The third-order valence-electron chi connectivity index (χ3n) is 3.10. The first kappa shape index (κ1) is 20.6. The molecule has 2 N–H and O–H groups in total. The second-order valence-electron chi connectivity index (χ2n) is 6.70. The molecule has 0 saturated heterocycles. The summed E-state index contributed by atoms with van der Waals surface area (Å²) in [5.41, 5.74) is 0.327. The Morgan fingerprint density at radius 1 is 1.00 bits per heavy atom. The molecule has 1 amide bonds. The molecule has 1 aromatic carbocycles. The van der Waals surface area contributed by atoms with Gasteiger partial charge in [0.2, 0.25) is 0 Å². The quantitative estimate of drug-likeness (QED) is 0.603. The molecule has 0 aliphatic heterocycles. The van der Waals surface area contributed by atoms with E-state index in [1.807, 2.05) is 30.3 Å². The summed E-state index contributed by atoms with van der Waals surface area (Å²) in [5.74, 6) is -1.55. The Morgan fingerprint density at radius 3 is 2.12 bits per heavy atom. The normalized spacial score (nSPS) is 13.5. The van der Waals surface area contributed by atoms with Gasteiger partial charge in [-0.2, -0.15) is 0 Å². The lowest BCUT2D eigenvalue weighted by molar-refractivity contribution is -0.162. The van der Waals surface area contributed by atoms with Gasteiger partial charge in [-0.15, -0.1) is 0 Å². The van der Waals surface area contributed by atoms with E-state index in [0.29, 0.717) is 6.54 Å². The Labute approximate surface area is 148 Å². The van der Waals surface area contributed by atoms with Crippen molar-refractivity contribution in [1.82, 2.24) is 10.6 Å². The third-order valence-corrected chi connectivity index (χ3v) is 3.10. The van der Waals surface area contributed by atoms with Crippen LogP contribution in [-0.2, 0) is 25.6 Å². The highest BCUT2D eigenvalue weighted by molar-refractivity contribution is 5.91. The minimum Gasteiger partial charge on any atom is -0.444 e. The van der Waals surface area contributed by atoms with Gasteiger partial charge < -0.3 is 20.1 Å². The van der Waals surface area contributed by atoms with E-state index in [-0.39, 0.29) is 0 Å². The highest BCUT2D eigenvalue weighted by Gasteiger charge is 2.25. The van der Waals surface area contributed by atoms with Gasteiger partial charge in [0, 0.05) is 6.54 Å². The number of benzene rings is 1. The first-order valence-electron chi connectivity index (χ1n) is 8.11. The topological polar surface area (TPSA) is 93.7 Å². The molecule has 0 aliphatic rings. The molecule has 0 heterocycles. The van der Waals surface area contributed by atoms with Gasteiger partial charge in [-0.25, -0.2) is 14.4 Å². The lowest BCUT2D eigenvalue weighted by Crippen LogP contribution is -2.44. The highest BCUT2D eigenvalue weighted by Crippen LogP contribution is 2.07. The van der Waals surface area contributed by atoms with Gasteiger partial charge in [0.25, 0.3) is 0 Å². The number of rotatable bonds is 6. The molecule has 0 fully saturated rings. The second-order valence-corrected chi connectivity index (χ2v) is 6.70. The van der Waals surface area contributed by atoms with Crippen molar-refractivity contribution in [1.29, 1.82) is 0 Å². The number of esters is 2. The number of carbonyl (C=O) groups is 3. The van der Waals surface area contributed by atoms with Crippen molar-refractivity contribution in [3.8, 4) is 0 Å². The Bertz CT molecular complexity index is 595. The van der Waals surface area contributed by atoms with Crippen molar-refractivity contribution in [2.45, 2.75) is 58.8 Å². The van der Waals surface area contributed by atoms with Crippen LogP contribution in [0, 0.1) is 0 Å². The molecule has 1 rings (SSSR count). The SMILES string of the molecule is C[C@H](NCc1ccccc1)C(=O)OC(=O)[C@H](C)NC(=O)OC(C)(C)C. The summed E-state index contributed by atoms with van der Waals surface area (Å²) in [4.78, 5) is 35.5. The molecule has 2 atom stereocenters. The number of nitrogens with one attached hydrogen (secondary N) is 2. The molecule has 0 saturated carbocycles. The Balaban J connectivity index is 2.41. The number of ether oxygens (including phenoxy) is 2. The monoisotopic (exact) mass is 350 g/mol. The Hall–Kier alpha value is -2.41.